The zero-order chi connectivity index (χ0) is 9.97. The number of nitrogens with zero attached hydrogens (tertiary/aromatic N) is 3. The molecule has 0 amide bonds. The highest BCUT2D eigenvalue weighted by Crippen LogP contribution is 2.07. The van der Waals surface area contributed by atoms with Gasteiger partial charge in [-0.05, 0) is 30.2 Å². The highest BCUT2D eigenvalue weighted by Gasteiger charge is 2.00. The third-order valence-corrected chi connectivity index (χ3v) is 1.94. The molecule has 0 aromatic carbocycles. The van der Waals surface area contributed by atoms with Crippen LogP contribution in [0.2, 0.25) is 0 Å². The van der Waals surface area contributed by atoms with Gasteiger partial charge < -0.3 is 5.11 Å². The van der Waals surface area contributed by atoms with Gasteiger partial charge in [-0.3, -0.25) is 0 Å². The van der Waals surface area contributed by atoms with Gasteiger partial charge in [0, 0.05) is 12.4 Å². The maximum Gasteiger partial charge on any atom is 0.153 e. The van der Waals surface area contributed by atoms with E-state index in [0.717, 1.165) is 16.9 Å². The Morgan fingerprint density at radius 2 is 2.36 bits per heavy atom. The second kappa shape index (κ2) is 3.59. The number of aryl methyl sites for hydroxylation is 1. The fourth-order valence-electron chi connectivity index (χ4n) is 1.22. The molecule has 2 aromatic rings. The van der Waals surface area contributed by atoms with E-state index in [1.165, 1.54) is 0 Å². The molecule has 1 N–H and O–H groups in total. The molecule has 0 saturated carbocycles. The van der Waals surface area contributed by atoms with Gasteiger partial charge in [-0.15, -0.1) is 0 Å². The van der Waals surface area contributed by atoms with Crippen LogP contribution in [-0.2, 0) is 6.61 Å². The van der Waals surface area contributed by atoms with E-state index < -0.39 is 0 Å². The Morgan fingerprint density at radius 1 is 1.50 bits per heavy atom. The van der Waals surface area contributed by atoms with E-state index in [4.69, 9.17) is 5.11 Å². The molecule has 0 aliphatic carbocycles. The van der Waals surface area contributed by atoms with Crippen LogP contribution in [-0.4, -0.2) is 19.9 Å². The Balaban J connectivity index is 2.41. The normalized spacial score (nSPS) is 10.4. The van der Waals surface area contributed by atoms with Gasteiger partial charge in [0.25, 0.3) is 0 Å². The molecule has 4 heteroatoms. The molecule has 0 radical (unpaired) electrons. The highest BCUT2D eigenvalue weighted by atomic mass is 16.3. The second-order valence-corrected chi connectivity index (χ2v) is 3.14. The first-order valence-electron chi connectivity index (χ1n) is 4.37. The van der Waals surface area contributed by atoms with E-state index in [1.807, 2.05) is 19.2 Å². The summed E-state index contributed by atoms with van der Waals surface area (Å²) in [6.07, 6.45) is 5.33. The van der Waals surface area contributed by atoms with Gasteiger partial charge in [0.15, 0.2) is 5.82 Å². The smallest absolute Gasteiger partial charge is 0.153 e. The van der Waals surface area contributed by atoms with Crippen molar-refractivity contribution in [2.75, 3.05) is 0 Å². The van der Waals surface area contributed by atoms with Crippen LogP contribution in [0.5, 0.6) is 0 Å². The van der Waals surface area contributed by atoms with Gasteiger partial charge in [0.2, 0.25) is 0 Å². The summed E-state index contributed by atoms with van der Waals surface area (Å²) in [4.78, 5) is 4.16. The molecule has 0 spiro atoms. The lowest BCUT2D eigenvalue weighted by Gasteiger charge is -2.01. The van der Waals surface area contributed by atoms with Crippen molar-refractivity contribution < 1.29 is 5.11 Å². The van der Waals surface area contributed by atoms with E-state index in [1.54, 1.807) is 23.1 Å². The Bertz CT molecular complexity index is 436. The summed E-state index contributed by atoms with van der Waals surface area (Å²) in [6, 6.07) is 3.59. The molecule has 72 valence electrons. The van der Waals surface area contributed by atoms with Crippen LogP contribution < -0.4 is 0 Å². The maximum absolute atomic E-state index is 8.96. The minimum Gasteiger partial charge on any atom is -0.392 e. The molecule has 2 aromatic heterocycles. The van der Waals surface area contributed by atoms with Gasteiger partial charge in [0.1, 0.15) is 0 Å². The van der Waals surface area contributed by atoms with Crippen LogP contribution in [0.4, 0.5) is 0 Å². The number of rotatable bonds is 2. The van der Waals surface area contributed by atoms with Crippen molar-refractivity contribution in [2.45, 2.75) is 13.5 Å². The zero-order valence-electron chi connectivity index (χ0n) is 7.88. The Kier molecular flexibility index (Phi) is 2.28. The van der Waals surface area contributed by atoms with Gasteiger partial charge in [-0.2, -0.15) is 5.10 Å². The van der Waals surface area contributed by atoms with Crippen LogP contribution >= 0.6 is 0 Å². The third-order valence-electron chi connectivity index (χ3n) is 1.94. The summed E-state index contributed by atoms with van der Waals surface area (Å²) in [5.74, 6) is 0.727. The molecule has 0 unspecified atom stereocenters. The Hall–Kier alpha value is -1.68. The molecule has 14 heavy (non-hydrogen) atoms. The lowest BCUT2D eigenvalue weighted by atomic mass is 10.3. The molecule has 0 atom stereocenters. The second-order valence-electron chi connectivity index (χ2n) is 3.14. The molecule has 0 fully saturated rings. The van der Waals surface area contributed by atoms with E-state index in [0.29, 0.717) is 0 Å². The van der Waals surface area contributed by atoms with E-state index in [-0.39, 0.29) is 6.61 Å². The van der Waals surface area contributed by atoms with Crippen LogP contribution in [0.1, 0.15) is 11.1 Å². The van der Waals surface area contributed by atoms with E-state index in [9.17, 15) is 0 Å². The minimum atomic E-state index is 0.0236. The van der Waals surface area contributed by atoms with Crippen molar-refractivity contribution in [3.8, 4) is 5.82 Å². The first-order chi connectivity index (χ1) is 6.79. The molecule has 0 aliphatic rings. The largest absolute Gasteiger partial charge is 0.392 e. The van der Waals surface area contributed by atoms with Crippen molar-refractivity contribution in [1.29, 1.82) is 0 Å². The SMILES string of the molecule is Cc1cnn(-c2cc(CO)ccn2)c1. The first kappa shape index (κ1) is 8.90. The predicted octanol–water partition coefficient (Wildman–Crippen LogP) is 1.07. The molecule has 4 nitrogen and oxygen atoms in total. The molecule has 2 heterocycles. The average molecular weight is 189 g/mol. The van der Waals surface area contributed by atoms with Crippen LogP contribution in [0, 0.1) is 6.92 Å². The number of hydrogen-bond donors (Lipinski definition) is 1. The Morgan fingerprint density at radius 3 is 3.00 bits per heavy atom. The van der Waals surface area contributed by atoms with Crippen molar-refractivity contribution in [1.82, 2.24) is 14.8 Å². The van der Waals surface area contributed by atoms with Gasteiger partial charge in [0.05, 0.1) is 12.8 Å². The summed E-state index contributed by atoms with van der Waals surface area (Å²) in [5.41, 5.74) is 1.92. The fourth-order valence-corrected chi connectivity index (χ4v) is 1.22. The highest BCUT2D eigenvalue weighted by molar-refractivity contribution is 5.27. The lowest BCUT2D eigenvalue weighted by molar-refractivity contribution is 0.281. The molecule has 2 rings (SSSR count). The van der Waals surface area contributed by atoms with Crippen LogP contribution in [0.3, 0.4) is 0 Å². The van der Waals surface area contributed by atoms with Crippen molar-refractivity contribution in [2.24, 2.45) is 0 Å². The molecular weight excluding hydrogens is 178 g/mol. The number of hydrogen-bond acceptors (Lipinski definition) is 3. The predicted molar refractivity (Wildman–Crippen MR) is 52.0 cm³/mol. The summed E-state index contributed by atoms with van der Waals surface area (Å²) in [5, 5.41) is 13.1. The van der Waals surface area contributed by atoms with Crippen LogP contribution in [0.25, 0.3) is 5.82 Å². The van der Waals surface area contributed by atoms with Crippen molar-refractivity contribution >= 4 is 0 Å². The first-order valence-corrected chi connectivity index (χ1v) is 4.37. The van der Waals surface area contributed by atoms with Gasteiger partial charge in [-0.1, -0.05) is 0 Å². The van der Waals surface area contributed by atoms with Gasteiger partial charge in [-0.25, -0.2) is 9.67 Å². The number of aliphatic hydroxyl groups is 1. The maximum atomic E-state index is 8.96. The average Bonchev–Trinajstić information content (AvgIpc) is 2.65. The molecular formula is C10H11N3O. The van der Waals surface area contributed by atoms with Crippen molar-refractivity contribution in [3.05, 3.63) is 41.9 Å². The quantitative estimate of drug-likeness (QED) is 0.768. The van der Waals surface area contributed by atoms with E-state index >= 15 is 0 Å². The monoisotopic (exact) mass is 189 g/mol. The molecule has 0 bridgehead atoms. The fraction of sp³-hybridized carbons (Fsp3) is 0.200. The molecule has 0 aliphatic heterocycles. The number of aliphatic hydroxyl groups excluding tert-OH is 1. The number of pyridine rings is 1. The summed E-state index contributed by atoms with van der Waals surface area (Å²) in [6.45, 7) is 2.00. The minimum absolute atomic E-state index is 0.0236. The summed E-state index contributed by atoms with van der Waals surface area (Å²) >= 11 is 0. The topological polar surface area (TPSA) is 50.9 Å². The summed E-state index contributed by atoms with van der Waals surface area (Å²) in [7, 11) is 0. The third kappa shape index (κ3) is 1.65. The zero-order valence-corrected chi connectivity index (χ0v) is 7.88. The molecule has 0 saturated heterocycles. The summed E-state index contributed by atoms with van der Waals surface area (Å²) < 4.78 is 1.69. The Labute approximate surface area is 81.8 Å². The lowest BCUT2D eigenvalue weighted by Crippen LogP contribution is -1.98. The van der Waals surface area contributed by atoms with E-state index in [2.05, 4.69) is 10.1 Å². The number of aromatic nitrogens is 3. The van der Waals surface area contributed by atoms with Gasteiger partial charge >= 0.3 is 0 Å². The van der Waals surface area contributed by atoms with Crippen LogP contribution in [0.15, 0.2) is 30.7 Å². The standard InChI is InChI=1S/C10H11N3O/c1-8-5-12-13(6-8)10-4-9(7-14)2-3-11-10/h2-6,14H,7H2,1H3. The van der Waals surface area contributed by atoms with Crippen molar-refractivity contribution in [3.63, 3.8) is 0 Å².